The highest BCUT2D eigenvalue weighted by Gasteiger charge is 2.07. The number of carbonyl (C=O) groups excluding carboxylic acids is 2. The third-order valence-corrected chi connectivity index (χ3v) is 3.96. The second kappa shape index (κ2) is 9.02. The molecule has 0 spiro atoms. The molecule has 0 unspecified atom stereocenters. The van der Waals surface area contributed by atoms with E-state index < -0.39 is 0 Å². The van der Waals surface area contributed by atoms with Crippen LogP contribution in [0.5, 0.6) is 0 Å². The van der Waals surface area contributed by atoms with Crippen LogP contribution < -0.4 is 10.6 Å². The lowest BCUT2D eigenvalue weighted by atomic mass is 10.2. The lowest BCUT2D eigenvalue weighted by Gasteiger charge is -2.07. The molecule has 0 heterocycles. The number of anilines is 1. The maximum Gasteiger partial charge on any atom is 0.234 e. The van der Waals surface area contributed by atoms with E-state index in [2.05, 4.69) is 10.6 Å². The van der Waals surface area contributed by atoms with Crippen molar-refractivity contribution >= 4 is 29.3 Å². The standard InChI is InChI=1S/C17H16F2N2O2S/c18-13-5-7-14(8-6-13)21-17(23)11-24-10-16(22)20-9-12-3-1-2-4-15(12)19/h1-8H,9-11H2,(H,20,22)(H,21,23). The Morgan fingerprint density at radius 2 is 1.58 bits per heavy atom. The Labute approximate surface area is 142 Å². The second-order valence-electron chi connectivity index (χ2n) is 4.92. The Kier molecular flexibility index (Phi) is 6.74. The van der Waals surface area contributed by atoms with Gasteiger partial charge < -0.3 is 10.6 Å². The van der Waals surface area contributed by atoms with Crippen LogP contribution >= 0.6 is 11.8 Å². The van der Waals surface area contributed by atoms with Crippen LogP contribution in [-0.2, 0) is 16.1 Å². The van der Waals surface area contributed by atoms with Crippen molar-refractivity contribution in [1.29, 1.82) is 0 Å². The SMILES string of the molecule is O=C(CSCC(=O)Nc1ccc(F)cc1)NCc1ccccc1F. The van der Waals surface area contributed by atoms with Crippen molar-refractivity contribution in [3.63, 3.8) is 0 Å². The van der Waals surface area contributed by atoms with E-state index >= 15 is 0 Å². The molecule has 0 saturated heterocycles. The molecule has 0 aliphatic carbocycles. The highest BCUT2D eigenvalue weighted by Crippen LogP contribution is 2.10. The normalized spacial score (nSPS) is 10.2. The van der Waals surface area contributed by atoms with Crippen molar-refractivity contribution in [2.75, 3.05) is 16.8 Å². The first kappa shape index (κ1) is 17.9. The van der Waals surface area contributed by atoms with Crippen LogP contribution in [0.15, 0.2) is 48.5 Å². The molecule has 2 aromatic carbocycles. The number of thioether (sulfide) groups is 1. The molecule has 126 valence electrons. The van der Waals surface area contributed by atoms with Gasteiger partial charge in [-0.15, -0.1) is 11.8 Å². The number of halogens is 2. The number of rotatable bonds is 7. The summed E-state index contributed by atoms with van der Waals surface area (Å²) in [5.74, 6) is -1.14. The summed E-state index contributed by atoms with van der Waals surface area (Å²) in [6, 6.07) is 11.6. The molecule has 0 aliphatic rings. The van der Waals surface area contributed by atoms with Crippen LogP contribution in [0.1, 0.15) is 5.56 Å². The van der Waals surface area contributed by atoms with Gasteiger partial charge in [0.05, 0.1) is 11.5 Å². The number of nitrogens with one attached hydrogen (secondary N) is 2. The average molecular weight is 350 g/mol. The van der Waals surface area contributed by atoms with Gasteiger partial charge in [-0.3, -0.25) is 9.59 Å². The average Bonchev–Trinajstić information content (AvgIpc) is 2.56. The van der Waals surface area contributed by atoms with Gasteiger partial charge in [0.15, 0.2) is 0 Å². The summed E-state index contributed by atoms with van der Waals surface area (Å²) >= 11 is 1.14. The predicted molar refractivity (Wildman–Crippen MR) is 90.6 cm³/mol. The van der Waals surface area contributed by atoms with Gasteiger partial charge in [0.25, 0.3) is 0 Å². The Morgan fingerprint density at radius 3 is 2.29 bits per heavy atom. The molecular weight excluding hydrogens is 334 g/mol. The van der Waals surface area contributed by atoms with E-state index in [1.165, 1.54) is 30.3 Å². The van der Waals surface area contributed by atoms with Crippen molar-refractivity contribution < 1.29 is 18.4 Å². The minimum Gasteiger partial charge on any atom is -0.351 e. The first-order valence-corrected chi connectivity index (χ1v) is 8.33. The molecule has 7 heteroatoms. The van der Waals surface area contributed by atoms with Crippen molar-refractivity contribution in [1.82, 2.24) is 5.32 Å². The van der Waals surface area contributed by atoms with E-state index in [1.54, 1.807) is 18.2 Å². The van der Waals surface area contributed by atoms with E-state index in [-0.39, 0.29) is 41.5 Å². The molecule has 0 fully saturated rings. The first-order chi connectivity index (χ1) is 11.5. The number of amides is 2. The van der Waals surface area contributed by atoms with Gasteiger partial charge in [0, 0.05) is 17.8 Å². The van der Waals surface area contributed by atoms with Crippen LogP contribution in [0.25, 0.3) is 0 Å². The monoisotopic (exact) mass is 350 g/mol. The molecule has 2 N–H and O–H groups in total. The summed E-state index contributed by atoms with van der Waals surface area (Å²) in [6.07, 6.45) is 0. The summed E-state index contributed by atoms with van der Waals surface area (Å²) in [5.41, 5.74) is 0.899. The third-order valence-electron chi connectivity index (χ3n) is 3.03. The van der Waals surface area contributed by atoms with Gasteiger partial charge in [-0.05, 0) is 30.3 Å². The molecule has 2 rings (SSSR count). The van der Waals surface area contributed by atoms with Crippen LogP contribution in [-0.4, -0.2) is 23.3 Å². The van der Waals surface area contributed by atoms with E-state index in [0.29, 0.717) is 11.3 Å². The van der Waals surface area contributed by atoms with Gasteiger partial charge in [-0.1, -0.05) is 18.2 Å². The minimum absolute atomic E-state index is 0.0878. The van der Waals surface area contributed by atoms with E-state index in [0.717, 1.165) is 11.8 Å². The summed E-state index contributed by atoms with van der Waals surface area (Å²) in [5, 5.41) is 5.20. The molecule has 0 atom stereocenters. The molecule has 0 saturated carbocycles. The Hall–Kier alpha value is -2.41. The highest BCUT2D eigenvalue weighted by molar-refractivity contribution is 8.00. The lowest BCUT2D eigenvalue weighted by molar-refractivity contribution is -0.118. The second-order valence-corrected chi connectivity index (χ2v) is 5.90. The lowest BCUT2D eigenvalue weighted by Crippen LogP contribution is -2.26. The van der Waals surface area contributed by atoms with Gasteiger partial charge in [0.2, 0.25) is 11.8 Å². The fourth-order valence-corrected chi connectivity index (χ4v) is 2.50. The zero-order chi connectivity index (χ0) is 17.4. The number of hydrogen-bond donors (Lipinski definition) is 2. The van der Waals surface area contributed by atoms with Crippen LogP contribution in [0.2, 0.25) is 0 Å². The largest absolute Gasteiger partial charge is 0.351 e. The number of benzene rings is 2. The fourth-order valence-electron chi connectivity index (χ4n) is 1.85. The maximum absolute atomic E-state index is 13.4. The number of hydrogen-bond acceptors (Lipinski definition) is 3. The highest BCUT2D eigenvalue weighted by atomic mass is 32.2. The smallest absolute Gasteiger partial charge is 0.234 e. The van der Waals surface area contributed by atoms with Crippen molar-refractivity contribution in [3.05, 3.63) is 65.7 Å². The molecule has 0 bridgehead atoms. The maximum atomic E-state index is 13.4. The zero-order valence-electron chi connectivity index (χ0n) is 12.7. The minimum atomic E-state index is -0.381. The van der Waals surface area contributed by atoms with Crippen molar-refractivity contribution in [2.24, 2.45) is 0 Å². The molecule has 2 aromatic rings. The summed E-state index contributed by atoms with van der Waals surface area (Å²) < 4.78 is 26.1. The molecule has 4 nitrogen and oxygen atoms in total. The zero-order valence-corrected chi connectivity index (χ0v) is 13.5. The molecule has 2 amide bonds. The van der Waals surface area contributed by atoms with Gasteiger partial charge in [-0.2, -0.15) is 0 Å². The molecular formula is C17H16F2N2O2S. The first-order valence-electron chi connectivity index (χ1n) is 7.18. The quantitative estimate of drug-likeness (QED) is 0.807. The Balaban J connectivity index is 1.66. The fraction of sp³-hybridized carbons (Fsp3) is 0.176. The topological polar surface area (TPSA) is 58.2 Å². The van der Waals surface area contributed by atoms with Crippen molar-refractivity contribution in [3.8, 4) is 0 Å². The van der Waals surface area contributed by atoms with Crippen LogP contribution in [0.3, 0.4) is 0 Å². The molecule has 0 aromatic heterocycles. The summed E-state index contributed by atoms with van der Waals surface area (Å²) in [4.78, 5) is 23.4. The van der Waals surface area contributed by atoms with E-state index in [4.69, 9.17) is 0 Å². The Bertz CT molecular complexity index is 708. The summed E-state index contributed by atoms with van der Waals surface area (Å²) in [6.45, 7) is 0.105. The van der Waals surface area contributed by atoms with E-state index in [1.807, 2.05) is 0 Å². The Morgan fingerprint density at radius 1 is 0.917 bits per heavy atom. The van der Waals surface area contributed by atoms with Crippen LogP contribution in [0, 0.1) is 11.6 Å². The molecule has 0 radical (unpaired) electrons. The summed E-state index contributed by atoms with van der Waals surface area (Å²) in [7, 11) is 0. The van der Waals surface area contributed by atoms with Gasteiger partial charge in [-0.25, -0.2) is 8.78 Å². The molecule has 0 aliphatic heterocycles. The van der Waals surface area contributed by atoms with Gasteiger partial charge >= 0.3 is 0 Å². The van der Waals surface area contributed by atoms with Gasteiger partial charge in [0.1, 0.15) is 11.6 Å². The predicted octanol–water partition coefficient (Wildman–Crippen LogP) is 2.95. The number of carbonyl (C=O) groups is 2. The third kappa shape index (κ3) is 6.00. The van der Waals surface area contributed by atoms with Crippen LogP contribution in [0.4, 0.5) is 14.5 Å². The van der Waals surface area contributed by atoms with E-state index in [9.17, 15) is 18.4 Å². The molecule has 24 heavy (non-hydrogen) atoms. The van der Waals surface area contributed by atoms with Crippen molar-refractivity contribution in [2.45, 2.75) is 6.54 Å².